The Kier molecular flexibility index (Phi) is 7.09. The summed E-state index contributed by atoms with van der Waals surface area (Å²) in [6.07, 6.45) is 14.0. The second-order valence-electron chi connectivity index (χ2n) is 10.2. The molecule has 3 heteroatoms. The third-order valence-electron chi connectivity index (χ3n) is 8.44. The molecular weight excluding hydrogens is 404 g/mol. The summed E-state index contributed by atoms with van der Waals surface area (Å²) < 4.78 is 5.56. The molecule has 0 atom stereocenters. The smallest absolute Gasteiger partial charge is 0.119 e. The molecule has 2 aromatic carbocycles. The van der Waals surface area contributed by atoms with E-state index in [0.717, 1.165) is 41.7 Å². The Morgan fingerprint density at radius 2 is 1.45 bits per heavy atom. The van der Waals surface area contributed by atoms with E-state index in [9.17, 15) is 10.5 Å². The largest absolute Gasteiger partial charge is 0.494 e. The molecule has 3 aliphatic rings. The molecule has 3 aliphatic carbocycles. The van der Waals surface area contributed by atoms with Crippen LogP contribution in [0, 0.1) is 28.1 Å². The summed E-state index contributed by atoms with van der Waals surface area (Å²) >= 11 is 0. The highest BCUT2D eigenvalue weighted by Crippen LogP contribution is 2.60. The normalized spacial score (nSPS) is 23.6. The van der Waals surface area contributed by atoms with Gasteiger partial charge in [-0.05, 0) is 86.0 Å². The predicted octanol–water partition coefficient (Wildman–Crippen LogP) is 8.06. The Morgan fingerprint density at radius 3 is 2.03 bits per heavy atom. The Bertz CT molecular complexity index is 1030. The fraction of sp³-hybridized carbons (Fsp3) is 0.533. The number of nitriles is 2. The summed E-state index contributed by atoms with van der Waals surface area (Å²) in [7, 11) is 0. The van der Waals surface area contributed by atoms with Crippen molar-refractivity contribution in [3.8, 4) is 29.0 Å². The van der Waals surface area contributed by atoms with Crippen molar-refractivity contribution in [2.24, 2.45) is 5.41 Å². The van der Waals surface area contributed by atoms with Crippen molar-refractivity contribution in [3.63, 3.8) is 0 Å². The van der Waals surface area contributed by atoms with Crippen LogP contribution in [0.25, 0.3) is 11.1 Å². The summed E-state index contributed by atoms with van der Waals surface area (Å²) in [4.78, 5) is 0. The molecule has 0 radical (unpaired) electrons. The monoisotopic (exact) mass is 440 g/mol. The molecule has 172 valence electrons. The molecular formula is C30H36N2O. The van der Waals surface area contributed by atoms with E-state index in [0.29, 0.717) is 23.1 Å². The molecule has 5 rings (SSSR count). The summed E-state index contributed by atoms with van der Waals surface area (Å²) in [6.45, 7) is 4.86. The quantitative estimate of drug-likeness (QED) is 0.370. The van der Waals surface area contributed by atoms with Crippen LogP contribution in [0.15, 0.2) is 36.4 Å². The molecule has 0 heterocycles. The van der Waals surface area contributed by atoms with E-state index in [1.165, 1.54) is 51.4 Å². The van der Waals surface area contributed by atoms with Crippen molar-refractivity contribution >= 4 is 0 Å². The van der Waals surface area contributed by atoms with E-state index in [1.807, 2.05) is 31.2 Å². The van der Waals surface area contributed by atoms with Gasteiger partial charge < -0.3 is 4.74 Å². The minimum absolute atomic E-state index is 0.0686. The van der Waals surface area contributed by atoms with Crippen molar-refractivity contribution in [1.82, 2.24) is 0 Å². The number of ether oxygens (including phenoxy) is 1. The summed E-state index contributed by atoms with van der Waals surface area (Å²) in [6, 6.07) is 16.9. The Labute approximate surface area is 199 Å². The van der Waals surface area contributed by atoms with E-state index in [-0.39, 0.29) is 5.41 Å². The molecule has 0 amide bonds. The standard InChI is InChI=1S/C30H36N2O/c1-3-5-6-7-14-29-15-18-30(19-16-29,20-17-29)28-13-12-25(26(21-31)27(28)22-32)23-8-10-24(11-9-23)33-4-2/h8-13H,3-7,14-20H2,1-2H3. The highest BCUT2D eigenvalue weighted by Gasteiger charge is 2.49. The van der Waals surface area contributed by atoms with E-state index in [2.05, 4.69) is 31.2 Å². The molecule has 0 N–H and O–H groups in total. The van der Waals surface area contributed by atoms with E-state index < -0.39 is 0 Å². The SMILES string of the molecule is CCCCCCC12CCC(c3ccc(-c4ccc(OCC)cc4)c(C#N)c3C#N)(CC1)CC2. The predicted molar refractivity (Wildman–Crippen MR) is 133 cm³/mol. The first-order valence-corrected chi connectivity index (χ1v) is 12.8. The van der Waals surface area contributed by atoms with Crippen LogP contribution in [0.1, 0.15) is 101 Å². The first-order chi connectivity index (χ1) is 16.1. The molecule has 3 saturated carbocycles. The lowest BCUT2D eigenvalue weighted by atomic mass is 9.50. The summed E-state index contributed by atoms with van der Waals surface area (Å²) in [5.74, 6) is 0.818. The van der Waals surface area contributed by atoms with Gasteiger partial charge in [0, 0.05) is 5.56 Å². The highest BCUT2D eigenvalue weighted by atomic mass is 16.5. The molecule has 3 fully saturated rings. The highest BCUT2D eigenvalue weighted by molar-refractivity contribution is 5.75. The minimum Gasteiger partial charge on any atom is -0.494 e. The van der Waals surface area contributed by atoms with Crippen LogP contribution >= 0.6 is 0 Å². The van der Waals surface area contributed by atoms with Crippen LogP contribution in [0.3, 0.4) is 0 Å². The van der Waals surface area contributed by atoms with Gasteiger partial charge in [0.2, 0.25) is 0 Å². The maximum Gasteiger partial charge on any atom is 0.119 e. The topological polar surface area (TPSA) is 56.8 Å². The van der Waals surface area contributed by atoms with Crippen LogP contribution in [0.4, 0.5) is 0 Å². The van der Waals surface area contributed by atoms with Gasteiger partial charge in [0.1, 0.15) is 17.9 Å². The first kappa shape index (κ1) is 23.4. The van der Waals surface area contributed by atoms with Crippen LogP contribution in [0.5, 0.6) is 5.75 Å². The average molecular weight is 441 g/mol. The molecule has 2 aromatic rings. The second-order valence-corrected chi connectivity index (χ2v) is 10.2. The van der Waals surface area contributed by atoms with Gasteiger partial charge in [-0.1, -0.05) is 56.9 Å². The lowest BCUT2D eigenvalue weighted by Crippen LogP contribution is -2.44. The van der Waals surface area contributed by atoms with E-state index in [1.54, 1.807) is 0 Å². The number of fused-ring (bicyclic) bond motifs is 3. The van der Waals surface area contributed by atoms with E-state index in [4.69, 9.17) is 4.74 Å². The van der Waals surface area contributed by atoms with Gasteiger partial charge in [0.25, 0.3) is 0 Å². The lowest BCUT2D eigenvalue weighted by Gasteiger charge is -2.54. The van der Waals surface area contributed by atoms with Crippen LogP contribution in [-0.2, 0) is 5.41 Å². The van der Waals surface area contributed by atoms with Crippen molar-refractivity contribution < 1.29 is 4.74 Å². The van der Waals surface area contributed by atoms with Gasteiger partial charge >= 0.3 is 0 Å². The fourth-order valence-corrected chi connectivity index (χ4v) is 6.38. The van der Waals surface area contributed by atoms with Crippen LogP contribution < -0.4 is 4.74 Å². The molecule has 0 saturated heterocycles. The average Bonchev–Trinajstić information content (AvgIpc) is 2.87. The Hall–Kier alpha value is -2.78. The molecule has 0 spiro atoms. The zero-order chi connectivity index (χ0) is 23.3. The number of rotatable bonds is 9. The van der Waals surface area contributed by atoms with Gasteiger partial charge in [-0.25, -0.2) is 0 Å². The molecule has 0 aliphatic heterocycles. The Morgan fingerprint density at radius 1 is 0.788 bits per heavy atom. The zero-order valence-electron chi connectivity index (χ0n) is 20.3. The first-order valence-electron chi connectivity index (χ1n) is 12.8. The van der Waals surface area contributed by atoms with Gasteiger partial charge in [-0.15, -0.1) is 0 Å². The van der Waals surface area contributed by atoms with Crippen molar-refractivity contribution in [2.75, 3.05) is 6.61 Å². The maximum absolute atomic E-state index is 10.2. The third-order valence-corrected chi connectivity index (χ3v) is 8.44. The number of unbranched alkanes of at least 4 members (excludes halogenated alkanes) is 3. The third kappa shape index (κ3) is 4.52. The van der Waals surface area contributed by atoms with Crippen molar-refractivity contribution in [2.45, 2.75) is 89.9 Å². The number of nitrogens with zero attached hydrogens (tertiary/aromatic N) is 2. The molecule has 2 bridgehead atoms. The molecule has 0 aromatic heterocycles. The number of hydrogen-bond donors (Lipinski definition) is 0. The van der Waals surface area contributed by atoms with Gasteiger partial charge in [-0.2, -0.15) is 10.5 Å². The second kappa shape index (κ2) is 10.0. The fourth-order valence-electron chi connectivity index (χ4n) is 6.38. The molecule has 3 nitrogen and oxygen atoms in total. The van der Waals surface area contributed by atoms with Crippen molar-refractivity contribution in [3.05, 3.63) is 53.1 Å². The lowest BCUT2D eigenvalue weighted by molar-refractivity contribution is 0.0303. The van der Waals surface area contributed by atoms with Crippen LogP contribution in [-0.4, -0.2) is 6.61 Å². The number of hydrogen-bond acceptors (Lipinski definition) is 3. The molecule has 0 unspecified atom stereocenters. The van der Waals surface area contributed by atoms with Crippen molar-refractivity contribution in [1.29, 1.82) is 10.5 Å². The van der Waals surface area contributed by atoms with Crippen LogP contribution in [0.2, 0.25) is 0 Å². The summed E-state index contributed by atoms with van der Waals surface area (Å²) in [5.41, 5.74) is 4.64. The van der Waals surface area contributed by atoms with Gasteiger partial charge in [0.15, 0.2) is 0 Å². The minimum atomic E-state index is 0.0686. The number of benzene rings is 2. The van der Waals surface area contributed by atoms with E-state index >= 15 is 0 Å². The maximum atomic E-state index is 10.2. The van der Waals surface area contributed by atoms with Gasteiger partial charge in [-0.3, -0.25) is 0 Å². The Balaban J connectivity index is 1.60. The van der Waals surface area contributed by atoms with Gasteiger partial charge in [0.05, 0.1) is 17.7 Å². The summed E-state index contributed by atoms with van der Waals surface area (Å²) in [5, 5.41) is 20.2. The zero-order valence-corrected chi connectivity index (χ0v) is 20.3. The molecule has 33 heavy (non-hydrogen) atoms.